The van der Waals surface area contributed by atoms with Crippen molar-refractivity contribution < 1.29 is 0 Å². The lowest BCUT2D eigenvalue weighted by Crippen LogP contribution is -2.33. The minimum Gasteiger partial charge on any atom is -0.313 e. The van der Waals surface area contributed by atoms with Gasteiger partial charge in [0.15, 0.2) is 5.16 Å². The molecule has 2 aromatic rings. The van der Waals surface area contributed by atoms with Crippen LogP contribution in [0.1, 0.15) is 12.5 Å². The molecule has 0 unspecified atom stereocenters. The molecule has 1 aromatic heterocycles. The normalized spacial score (nSPS) is 10.8. The topological polar surface area (TPSA) is 79.8 Å². The number of hydrogen-bond donors (Lipinski definition) is 2. The molecule has 0 saturated heterocycles. The lowest BCUT2D eigenvalue weighted by molar-refractivity contribution is 0.596. The van der Waals surface area contributed by atoms with E-state index in [1.165, 1.54) is 16.4 Å². The Hall–Kier alpha value is -1.57. The summed E-state index contributed by atoms with van der Waals surface area (Å²) in [4.78, 5) is 27.0. The van der Waals surface area contributed by atoms with Gasteiger partial charge in [-0.2, -0.15) is 4.98 Å². The number of aryl methyl sites for hydroxylation is 1. The summed E-state index contributed by atoms with van der Waals surface area (Å²) in [5, 5.41) is 6.66. The summed E-state index contributed by atoms with van der Waals surface area (Å²) in [6.45, 7) is 3.60. The Morgan fingerprint density at radius 1 is 1.43 bits per heavy atom. The molecule has 8 heteroatoms. The standard InChI is InChI=1S/C13H15ClN4O2S/c1-3-15-7-8-4-5-9(6-10(8)14)21-13-16-11(19)12(20)17-18(13)2/h4-6,15H,3,7H2,1-2H3,(H,17,20). The molecule has 1 aromatic carbocycles. The summed E-state index contributed by atoms with van der Waals surface area (Å²) >= 11 is 7.49. The fourth-order valence-electron chi connectivity index (χ4n) is 1.65. The third-order valence-electron chi connectivity index (χ3n) is 2.75. The van der Waals surface area contributed by atoms with E-state index < -0.39 is 11.1 Å². The van der Waals surface area contributed by atoms with Crippen LogP contribution in [0.3, 0.4) is 0 Å². The second-order valence-corrected chi connectivity index (χ2v) is 5.78. The highest BCUT2D eigenvalue weighted by Gasteiger charge is 2.08. The van der Waals surface area contributed by atoms with Crippen molar-refractivity contribution in [2.45, 2.75) is 23.5 Å². The van der Waals surface area contributed by atoms with Gasteiger partial charge in [-0.15, -0.1) is 0 Å². The Kier molecular flexibility index (Phi) is 5.22. The fraction of sp³-hybridized carbons (Fsp3) is 0.308. The van der Waals surface area contributed by atoms with E-state index in [0.717, 1.165) is 17.0 Å². The van der Waals surface area contributed by atoms with Crippen LogP contribution < -0.4 is 16.4 Å². The number of hydrogen-bond acceptors (Lipinski definition) is 5. The largest absolute Gasteiger partial charge is 0.339 e. The average molecular weight is 327 g/mol. The van der Waals surface area contributed by atoms with E-state index in [0.29, 0.717) is 16.7 Å². The maximum atomic E-state index is 11.3. The van der Waals surface area contributed by atoms with Crippen molar-refractivity contribution in [1.29, 1.82) is 0 Å². The molecule has 0 bridgehead atoms. The summed E-state index contributed by atoms with van der Waals surface area (Å²) in [7, 11) is 1.62. The van der Waals surface area contributed by atoms with Gasteiger partial charge in [-0.25, -0.2) is 0 Å². The van der Waals surface area contributed by atoms with Crippen molar-refractivity contribution in [3.05, 3.63) is 49.5 Å². The summed E-state index contributed by atoms with van der Waals surface area (Å²) in [6.07, 6.45) is 0. The van der Waals surface area contributed by atoms with Gasteiger partial charge in [0.1, 0.15) is 0 Å². The van der Waals surface area contributed by atoms with E-state index >= 15 is 0 Å². The third-order valence-corrected chi connectivity index (χ3v) is 4.14. The molecule has 0 saturated carbocycles. The zero-order valence-electron chi connectivity index (χ0n) is 11.6. The van der Waals surface area contributed by atoms with E-state index in [1.807, 2.05) is 25.1 Å². The Morgan fingerprint density at radius 3 is 2.86 bits per heavy atom. The molecule has 1 heterocycles. The third kappa shape index (κ3) is 3.96. The maximum absolute atomic E-state index is 11.3. The van der Waals surface area contributed by atoms with Gasteiger partial charge < -0.3 is 5.32 Å². The van der Waals surface area contributed by atoms with E-state index in [9.17, 15) is 9.59 Å². The smallest absolute Gasteiger partial charge is 0.313 e. The average Bonchev–Trinajstić information content (AvgIpc) is 2.44. The first kappa shape index (κ1) is 15.8. The first-order chi connectivity index (χ1) is 10.0. The molecule has 0 fully saturated rings. The van der Waals surface area contributed by atoms with Gasteiger partial charge in [-0.3, -0.25) is 19.4 Å². The maximum Gasteiger partial charge on any atom is 0.339 e. The number of halogens is 1. The quantitative estimate of drug-likeness (QED) is 0.812. The van der Waals surface area contributed by atoms with E-state index in [4.69, 9.17) is 11.6 Å². The number of rotatable bonds is 5. The fourth-order valence-corrected chi connectivity index (χ4v) is 2.80. The van der Waals surface area contributed by atoms with Crippen LogP contribution in [0.2, 0.25) is 5.02 Å². The van der Waals surface area contributed by atoms with Crippen LogP contribution in [0.15, 0.2) is 37.8 Å². The highest BCUT2D eigenvalue weighted by Crippen LogP contribution is 2.28. The first-order valence-electron chi connectivity index (χ1n) is 6.35. The molecular formula is C13H15ClN4O2S. The first-order valence-corrected chi connectivity index (χ1v) is 7.55. The van der Waals surface area contributed by atoms with Crippen LogP contribution in [-0.2, 0) is 13.6 Å². The predicted octanol–water partition coefficient (Wildman–Crippen LogP) is 1.38. The van der Waals surface area contributed by atoms with Gasteiger partial charge in [0, 0.05) is 23.5 Å². The molecular weight excluding hydrogens is 312 g/mol. The zero-order chi connectivity index (χ0) is 15.4. The van der Waals surface area contributed by atoms with Gasteiger partial charge >= 0.3 is 11.1 Å². The lowest BCUT2D eigenvalue weighted by Gasteiger charge is -2.08. The minimum absolute atomic E-state index is 0.398. The van der Waals surface area contributed by atoms with Gasteiger partial charge in [0.2, 0.25) is 0 Å². The number of H-pyrrole nitrogens is 1. The van der Waals surface area contributed by atoms with Crippen molar-refractivity contribution in [2.24, 2.45) is 7.05 Å². The molecule has 2 rings (SSSR count). The molecule has 0 aliphatic rings. The van der Waals surface area contributed by atoms with Gasteiger partial charge in [-0.05, 0) is 24.2 Å². The van der Waals surface area contributed by atoms with Gasteiger partial charge in [0.05, 0.1) is 0 Å². The minimum atomic E-state index is -0.800. The molecule has 0 atom stereocenters. The van der Waals surface area contributed by atoms with Gasteiger partial charge in [-0.1, -0.05) is 36.4 Å². The van der Waals surface area contributed by atoms with Gasteiger partial charge in [0.25, 0.3) is 0 Å². The number of nitrogens with zero attached hydrogens (tertiary/aromatic N) is 2. The van der Waals surface area contributed by atoms with Crippen LogP contribution in [0.4, 0.5) is 0 Å². The Morgan fingerprint density at radius 2 is 2.19 bits per heavy atom. The van der Waals surface area contributed by atoms with Crippen molar-refractivity contribution in [1.82, 2.24) is 20.1 Å². The summed E-state index contributed by atoms with van der Waals surface area (Å²) < 4.78 is 1.41. The van der Waals surface area contributed by atoms with Crippen LogP contribution in [0.25, 0.3) is 0 Å². The monoisotopic (exact) mass is 326 g/mol. The molecule has 21 heavy (non-hydrogen) atoms. The highest BCUT2D eigenvalue weighted by atomic mass is 35.5. The second kappa shape index (κ2) is 6.93. The number of aromatic nitrogens is 3. The van der Waals surface area contributed by atoms with Crippen molar-refractivity contribution in [2.75, 3.05) is 6.54 Å². The number of nitrogens with one attached hydrogen (secondary N) is 2. The van der Waals surface area contributed by atoms with Crippen LogP contribution in [0, 0.1) is 0 Å². The Balaban J connectivity index is 2.24. The second-order valence-electron chi connectivity index (χ2n) is 4.34. The van der Waals surface area contributed by atoms with Crippen molar-refractivity contribution in [3.63, 3.8) is 0 Å². The predicted molar refractivity (Wildman–Crippen MR) is 83.1 cm³/mol. The SMILES string of the molecule is CCNCc1ccc(Sc2nc(=O)c(=O)[nH]n2C)cc1Cl. The van der Waals surface area contributed by atoms with Crippen LogP contribution in [0.5, 0.6) is 0 Å². The molecule has 0 radical (unpaired) electrons. The van der Waals surface area contributed by atoms with E-state index in [2.05, 4.69) is 15.4 Å². The molecule has 0 amide bonds. The van der Waals surface area contributed by atoms with E-state index in [-0.39, 0.29) is 0 Å². The highest BCUT2D eigenvalue weighted by molar-refractivity contribution is 7.99. The molecule has 0 aliphatic heterocycles. The molecule has 112 valence electrons. The van der Waals surface area contributed by atoms with E-state index in [1.54, 1.807) is 7.05 Å². The Labute approximate surface area is 130 Å². The van der Waals surface area contributed by atoms with Crippen molar-refractivity contribution >= 4 is 23.4 Å². The van der Waals surface area contributed by atoms with Crippen molar-refractivity contribution in [3.8, 4) is 0 Å². The molecule has 0 spiro atoms. The summed E-state index contributed by atoms with van der Waals surface area (Å²) in [6, 6.07) is 5.65. The Bertz CT molecular complexity index is 757. The van der Waals surface area contributed by atoms with Crippen LogP contribution in [-0.4, -0.2) is 21.3 Å². The molecule has 2 N–H and O–H groups in total. The molecule has 6 nitrogen and oxygen atoms in total. The lowest BCUT2D eigenvalue weighted by atomic mass is 10.2. The van der Waals surface area contributed by atoms with Crippen LogP contribution >= 0.6 is 23.4 Å². The summed E-state index contributed by atoms with van der Waals surface area (Å²) in [5.41, 5.74) is -0.530. The summed E-state index contributed by atoms with van der Waals surface area (Å²) in [5.74, 6) is 0. The zero-order valence-corrected chi connectivity index (χ0v) is 13.2. The molecule has 0 aliphatic carbocycles. The number of benzene rings is 1. The number of aromatic amines is 1.